The van der Waals surface area contributed by atoms with Gasteiger partial charge in [-0.2, -0.15) is 13.2 Å². The van der Waals surface area contributed by atoms with Gasteiger partial charge in [-0.25, -0.2) is 0 Å². The predicted molar refractivity (Wildman–Crippen MR) is 86.4 cm³/mol. The van der Waals surface area contributed by atoms with Crippen molar-refractivity contribution in [2.75, 3.05) is 31.1 Å². The average molecular weight is 359 g/mol. The van der Waals surface area contributed by atoms with Crippen LogP contribution in [0, 0.1) is 10.1 Å². The third-order valence-corrected chi connectivity index (χ3v) is 4.22. The molecule has 0 atom stereocenters. The first kappa shape index (κ1) is 19.0. The Labute approximate surface area is 143 Å². The largest absolute Gasteiger partial charge is 0.416 e. The van der Waals surface area contributed by atoms with Crippen LogP contribution in [-0.2, 0) is 11.0 Å². The van der Waals surface area contributed by atoms with Crippen LogP contribution in [0.4, 0.5) is 24.5 Å². The SMILES string of the molecule is CCCCC(=O)N1CCN(c2ccc(C(F)(F)F)cc2[N+](=O)[O-])CC1. The molecule has 2 rings (SSSR count). The van der Waals surface area contributed by atoms with E-state index in [1.807, 2.05) is 6.92 Å². The first-order chi connectivity index (χ1) is 11.7. The van der Waals surface area contributed by atoms with Crippen LogP contribution in [0.25, 0.3) is 0 Å². The lowest BCUT2D eigenvalue weighted by Gasteiger charge is -2.36. The fourth-order valence-electron chi connectivity index (χ4n) is 2.80. The van der Waals surface area contributed by atoms with Crippen molar-refractivity contribution < 1.29 is 22.9 Å². The van der Waals surface area contributed by atoms with Crippen LogP contribution in [0.3, 0.4) is 0 Å². The molecule has 1 amide bonds. The Morgan fingerprint density at radius 3 is 2.40 bits per heavy atom. The summed E-state index contributed by atoms with van der Waals surface area (Å²) in [7, 11) is 0. The molecule has 6 nitrogen and oxygen atoms in total. The maximum Gasteiger partial charge on any atom is 0.416 e. The number of anilines is 1. The van der Waals surface area contributed by atoms with Crippen molar-refractivity contribution in [2.45, 2.75) is 32.4 Å². The second-order valence-corrected chi connectivity index (χ2v) is 5.93. The van der Waals surface area contributed by atoms with Gasteiger partial charge in [-0.1, -0.05) is 13.3 Å². The summed E-state index contributed by atoms with van der Waals surface area (Å²) in [6.07, 6.45) is -2.43. The molecule has 0 unspecified atom stereocenters. The van der Waals surface area contributed by atoms with Crippen molar-refractivity contribution in [1.29, 1.82) is 0 Å². The molecule has 0 aliphatic carbocycles. The Bertz CT molecular complexity index is 641. The summed E-state index contributed by atoms with van der Waals surface area (Å²) in [5.74, 6) is 0.0448. The van der Waals surface area contributed by atoms with Gasteiger partial charge in [0.05, 0.1) is 10.5 Å². The van der Waals surface area contributed by atoms with Crippen molar-refractivity contribution in [3.8, 4) is 0 Å². The molecule has 0 bridgehead atoms. The van der Waals surface area contributed by atoms with Crippen molar-refractivity contribution in [3.05, 3.63) is 33.9 Å². The van der Waals surface area contributed by atoms with E-state index in [1.54, 1.807) is 9.80 Å². The van der Waals surface area contributed by atoms with E-state index in [0.717, 1.165) is 25.0 Å². The lowest BCUT2D eigenvalue weighted by molar-refractivity contribution is -0.384. The quantitative estimate of drug-likeness (QED) is 0.597. The Morgan fingerprint density at radius 1 is 1.24 bits per heavy atom. The summed E-state index contributed by atoms with van der Waals surface area (Å²) < 4.78 is 38.3. The van der Waals surface area contributed by atoms with E-state index in [-0.39, 0.29) is 11.6 Å². The van der Waals surface area contributed by atoms with Crippen LogP contribution < -0.4 is 4.90 Å². The lowest BCUT2D eigenvalue weighted by atomic mass is 10.1. The molecule has 25 heavy (non-hydrogen) atoms. The van der Waals surface area contributed by atoms with E-state index in [1.165, 1.54) is 0 Å². The van der Waals surface area contributed by atoms with Gasteiger partial charge < -0.3 is 9.80 Å². The van der Waals surface area contributed by atoms with Gasteiger partial charge in [0.25, 0.3) is 5.69 Å². The van der Waals surface area contributed by atoms with Crippen molar-refractivity contribution in [2.24, 2.45) is 0 Å². The minimum Gasteiger partial charge on any atom is -0.362 e. The van der Waals surface area contributed by atoms with Gasteiger partial charge in [-0.3, -0.25) is 14.9 Å². The minimum absolute atomic E-state index is 0.0448. The Hall–Kier alpha value is -2.32. The van der Waals surface area contributed by atoms with E-state index in [0.29, 0.717) is 38.7 Å². The zero-order valence-electron chi connectivity index (χ0n) is 13.9. The number of unbranched alkanes of at least 4 members (excludes halogenated alkanes) is 1. The van der Waals surface area contributed by atoms with Gasteiger partial charge >= 0.3 is 6.18 Å². The normalized spacial score (nSPS) is 15.4. The van der Waals surface area contributed by atoms with Crippen molar-refractivity contribution in [3.63, 3.8) is 0 Å². The first-order valence-corrected chi connectivity index (χ1v) is 8.12. The van der Waals surface area contributed by atoms with Crippen molar-refractivity contribution in [1.82, 2.24) is 4.90 Å². The molecular weight excluding hydrogens is 339 g/mol. The number of carbonyl (C=O) groups excluding carboxylic acids is 1. The number of rotatable bonds is 5. The van der Waals surface area contributed by atoms with Gasteiger partial charge in [0.15, 0.2) is 0 Å². The molecule has 1 aliphatic heterocycles. The second kappa shape index (κ2) is 7.71. The van der Waals surface area contributed by atoms with Gasteiger partial charge in [0.1, 0.15) is 5.69 Å². The third-order valence-electron chi connectivity index (χ3n) is 4.22. The van der Waals surface area contributed by atoms with E-state index in [9.17, 15) is 28.1 Å². The number of nitro benzene ring substituents is 1. The van der Waals surface area contributed by atoms with Crippen LogP contribution in [0.2, 0.25) is 0 Å². The number of piperazine rings is 1. The number of hydrogen-bond donors (Lipinski definition) is 0. The van der Waals surface area contributed by atoms with Crippen LogP contribution in [-0.4, -0.2) is 41.9 Å². The Balaban J connectivity index is 2.12. The molecule has 1 aromatic rings. The minimum atomic E-state index is -4.63. The van der Waals surface area contributed by atoms with Crippen LogP contribution in [0.5, 0.6) is 0 Å². The zero-order valence-corrected chi connectivity index (χ0v) is 13.9. The van der Waals surface area contributed by atoms with Crippen LogP contribution >= 0.6 is 0 Å². The molecule has 0 spiro atoms. The fourth-order valence-corrected chi connectivity index (χ4v) is 2.80. The summed E-state index contributed by atoms with van der Waals surface area (Å²) >= 11 is 0. The number of amides is 1. The maximum absolute atomic E-state index is 12.8. The molecule has 0 radical (unpaired) electrons. The average Bonchev–Trinajstić information content (AvgIpc) is 2.58. The smallest absolute Gasteiger partial charge is 0.362 e. The summed E-state index contributed by atoms with van der Waals surface area (Å²) in [6.45, 7) is 3.50. The monoisotopic (exact) mass is 359 g/mol. The predicted octanol–water partition coefficient (Wildman–Crippen LogP) is 3.45. The molecule has 1 aliphatic rings. The third kappa shape index (κ3) is 4.61. The Kier molecular flexibility index (Phi) is 5.86. The van der Waals surface area contributed by atoms with Crippen LogP contribution in [0.15, 0.2) is 18.2 Å². The maximum atomic E-state index is 12.8. The Morgan fingerprint density at radius 2 is 1.88 bits per heavy atom. The molecule has 0 aromatic heterocycles. The summed E-state index contributed by atoms with van der Waals surface area (Å²) in [5, 5.41) is 11.2. The van der Waals surface area contributed by atoms with Crippen molar-refractivity contribution >= 4 is 17.3 Å². The number of hydrogen-bond acceptors (Lipinski definition) is 4. The zero-order chi connectivity index (χ0) is 18.6. The van der Waals surface area contributed by atoms with E-state index in [2.05, 4.69) is 0 Å². The van der Waals surface area contributed by atoms with Gasteiger partial charge in [0, 0.05) is 38.7 Å². The molecule has 9 heteroatoms. The molecule has 1 aromatic carbocycles. The highest BCUT2D eigenvalue weighted by Crippen LogP contribution is 2.36. The molecule has 138 valence electrons. The lowest BCUT2D eigenvalue weighted by Crippen LogP contribution is -2.48. The standard InChI is InChI=1S/C16H20F3N3O3/c1-2-3-4-15(23)21-9-7-20(8-10-21)13-6-5-12(16(17,18)19)11-14(13)22(24)25/h5-6,11H,2-4,7-10H2,1H3. The summed E-state index contributed by atoms with van der Waals surface area (Å²) in [5.41, 5.74) is -1.46. The molecule has 1 heterocycles. The molecule has 0 N–H and O–H groups in total. The molecule has 1 fully saturated rings. The van der Waals surface area contributed by atoms with E-state index >= 15 is 0 Å². The molecule has 1 saturated heterocycles. The highest BCUT2D eigenvalue weighted by Gasteiger charge is 2.34. The first-order valence-electron chi connectivity index (χ1n) is 8.12. The number of nitro groups is 1. The highest BCUT2D eigenvalue weighted by atomic mass is 19.4. The van der Waals surface area contributed by atoms with E-state index < -0.39 is 22.4 Å². The molecular formula is C16H20F3N3O3. The summed E-state index contributed by atoms with van der Waals surface area (Å²) in [4.78, 5) is 25.7. The highest BCUT2D eigenvalue weighted by molar-refractivity contribution is 5.76. The number of nitrogens with zero attached hydrogens (tertiary/aromatic N) is 3. The summed E-state index contributed by atoms with van der Waals surface area (Å²) in [6, 6.07) is 2.55. The second-order valence-electron chi connectivity index (χ2n) is 5.93. The number of halogens is 3. The topological polar surface area (TPSA) is 66.7 Å². The number of alkyl halides is 3. The number of benzene rings is 1. The van der Waals surface area contributed by atoms with Gasteiger partial charge in [0.2, 0.25) is 5.91 Å². The van der Waals surface area contributed by atoms with Gasteiger partial charge in [-0.15, -0.1) is 0 Å². The number of carbonyl (C=O) groups is 1. The van der Waals surface area contributed by atoms with Gasteiger partial charge in [-0.05, 0) is 18.6 Å². The van der Waals surface area contributed by atoms with E-state index in [4.69, 9.17) is 0 Å². The molecule has 0 saturated carbocycles. The fraction of sp³-hybridized carbons (Fsp3) is 0.562. The van der Waals surface area contributed by atoms with Crippen LogP contribution in [0.1, 0.15) is 31.7 Å².